The minimum atomic E-state index is -0.621. The minimum absolute atomic E-state index is 0.116. The Morgan fingerprint density at radius 3 is 2.59 bits per heavy atom. The number of fused-ring (bicyclic) bond motifs is 1. The fraction of sp³-hybridized carbons (Fsp3) is 0.435. The highest BCUT2D eigenvalue weighted by Crippen LogP contribution is 2.44. The van der Waals surface area contributed by atoms with Gasteiger partial charge in [-0.2, -0.15) is 0 Å². The van der Waals surface area contributed by atoms with Gasteiger partial charge in [-0.05, 0) is 55.3 Å². The maximum Gasteiger partial charge on any atom is 0.343 e. The number of carbonyl (C=O) groups excluding carboxylic acids is 1. The van der Waals surface area contributed by atoms with E-state index in [1.165, 1.54) is 12.0 Å². The quantitative estimate of drug-likeness (QED) is 0.656. The van der Waals surface area contributed by atoms with Crippen molar-refractivity contribution in [3.8, 4) is 5.75 Å². The Morgan fingerprint density at radius 2 is 1.85 bits per heavy atom. The summed E-state index contributed by atoms with van der Waals surface area (Å²) in [5, 5.41) is 11.3. The van der Waals surface area contributed by atoms with Gasteiger partial charge in [0, 0.05) is 19.0 Å². The van der Waals surface area contributed by atoms with Crippen molar-refractivity contribution in [1.82, 2.24) is 4.90 Å². The van der Waals surface area contributed by atoms with Gasteiger partial charge in [0.05, 0.1) is 11.2 Å². The molecule has 142 valence electrons. The second-order valence-electron chi connectivity index (χ2n) is 8.03. The van der Waals surface area contributed by atoms with E-state index < -0.39 is 5.60 Å². The number of aliphatic hydroxyl groups is 1. The molecule has 2 aliphatic rings. The van der Waals surface area contributed by atoms with E-state index in [2.05, 4.69) is 11.9 Å². The van der Waals surface area contributed by atoms with E-state index in [1.807, 2.05) is 36.4 Å². The number of hydrogen-bond donors (Lipinski definition) is 1. The minimum Gasteiger partial charge on any atom is -0.423 e. The highest BCUT2D eigenvalue weighted by atomic mass is 16.5. The molecule has 27 heavy (non-hydrogen) atoms. The van der Waals surface area contributed by atoms with E-state index in [-0.39, 0.29) is 11.9 Å². The average molecular weight is 365 g/mol. The van der Waals surface area contributed by atoms with E-state index in [4.69, 9.17) is 4.74 Å². The van der Waals surface area contributed by atoms with Crippen molar-refractivity contribution in [3.63, 3.8) is 0 Å². The van der Waals surface area contributed by atoms with Crippen molar-refractivity contribution in [1.29, 1.82) is 0 Å². The second kappa shape index (κ2) is 7.45. The zero-order valence-corrected chi connectivity index (χ0v) is 15.9. The van der Waals surface area contributed by atoms with Crippen molar-refractivity contribution >= 4 is 5.97 Å². The van der Waals surface area contributed by atoms with Crippen molar-refractivity contribution in [2.75, 3.05) is 13.6 Å². The molecule has 0 spiro atoms. The average Bonchev–Trinajstić information content (AvgIpc) is 2.68. The van der Waals surface area contributed by atoms with Crippen LogP contribution in [0.25, 0.3) is 0 Å². The second-order valence-corrected chi connectivity index (χ2v) is 8.03. The van der Waals surface area contributed by atoms with Crippen LogP contribution in [-0.4, -0.2) is 35.2 Å². The molecular weight excluding hydrogens is 338 g/mol. The summed E-state index contributed by atoms with van der Waals surface area (Å²) >= 11 is 0. The van der Waals surface area contributed by atoms with Crippen LogP contribution in [0.1, 0.15) is 59.5 Å². The summed E-state index contributed by atoms with van der Waals surface area (Å²) in [5.41, 5.74) is 2.27. The number of rotatable bonds is 3. The highest BCUT2D eigenvalue weighted by molar-refractivity contribution is 5.91. The van der Waals surface area contributed by atoms with Gasteiger partial charge in [-0.3, -0.25) is 0 Å². The molecule has 4 heteroatoms. The molecule has 1 aliphatic carbocycles. The smallest absolute Gasteiger partial charge is 0.343 e. The summed E-state index contributed by atoms with van der Waals surface area (Å²) in [6, 6.07) is 14.9. The SMILES string of the molecule is CN1Cc2cc(OC(=O)c3ccccc3)ccc2C(C2(O)CCCCC2)C1. The summed E-state index contributed by atoms with van der Waals surface area (Å²) in [6.45, 7) is 1.67. The molecule has 0 bridgehead atoms. The number of ether oxygens (including phenoxy) is 1. The van der Waals surface area contributed by atoms with Crippen molar-refractivity contribution < 1.29 is 14.6 Å². The Hall–Kier alpha value is -2.17. The Labute approximate surface area is 160 Å². The van der Waals surface area contributed by atoms with Gasteiger partial charge in [0.25, 0.3) is 0 Å². The summed E-state index contributed by atoms with van der Waals surface area (Å²) < 4.78 is 5.59. The molecule has 1 unspecified atom stereocenters. The maximum absolute atomic E-state index is 12.3. The summed E-state index contributed by atoms with van der Waals surface area (Å²) in [5.74, 6) is 0.333. The largest absolute Gasteiger partial charge is 0.423 e. The predicted molar refractivity (Wildman–Crippen MR) is 105 cm³/mol. The third-order valence-electron chi connectivity index (χ3n) is 6.01. The van der Waals surface area contributed by atoms with E-state index in [1.54, 1.807) is 12.1 Å². The molecule has 0 amide bonds. The Bertz CT molecular complexity index is 812. The van der Waals surface area contributed by atoms with Crippen molar-refractivity contribution in [2.45, 2.75) is 50.2 Å². The molecule has 4 nitrogen and oxygen atoms in total. The Balaban J connectivity index is 1.59. The van der Waals surface area contributed by atoms with E-state index in [0.717, 1.165) is 44.3 Å². The lowest BCUT2D eigenvalue weighted by Gasteiger charge is -2.44. The molecule has 1 saturated carbocycles. The molecule has 1 atom stereocenters. The highest BCUT2D eigenvalue weighted by Gasteiger charge is 2.41. The molecule has 0 aromatic heterocycles. The lowest BCUT2D eigenvalue weighted by Crippen LogP contribution is -2.46. The number of esters is 1. The fourth-order valence-electron chi connectivity index (χ4n) is 4.60. The summed E-state index contributed by atoms with van der Waals surface area (Å²) in [4.78, 5) is 14.6. The fourth-order valence-corrected chi connectivity index (χ4v) is 4.60. The number of likely N-dealkylation sites (N-methyl/N-ethyl adjacent to an activating group) is 1. The molecule has 0 radical (unpaired) electrons. The molecule has 1 N–H and O–H groups in total. The Kier molecular flexibility index (Phi) is 5.02. The molecule has 2 aromatic carbocycles. The van der Waals surface area contributed by atoms with Crippen LogP contribution >= 0.6 is 0 Å². The van der Waals surface area contributed by atoms with Crippen molar-refractivity contribution in [3.05, 3.63) is 65.2 Å². The third kappa shape index (κ3) is 3.78. The van der Waals surface area contributed by atoms with Crippen LogP contribution in [0.3, 0.4) is 0 Å². The van der Waals surface area contributed by atoms with Crippen LogP contribution in [0.2, 0.25) is 0 Å². The van der Waals surface area contributed by atoms with Gasteiger partial charge < -0.3 is 14.7 Å². The molecule has 1 aliphatic heterocycles. The van der Waals surface area contributed by atoms with E-state index in [0.29, 0.717) is 11.3 Å². The van der Waals surface area contributed by atoms with Gasteiger partial charge in [-0.25, -0.2) is 4.79 Å². The van der Waals surface area contributed by atoms with Gasteiger partial charge in [0.1, 0.15) is 5.75 Å². The van der Waals surface area contributed by atoms with Crippen LogP contribution in [0.5, 0.6) is 5.75 Å². The van der Waals surface area contributed by atoms with Crippen LogP contribution in [0.15, 0.2) is 48.5 Å². The summed E-state index contributed by atoms with van der Waals surface area (Å²) in [6.07, 6.45) is 5.15. The Morgan fingerprint density at radius 1 is 1.11 bits per heavy atom. The van der Waals surface area contributed by atoms with Crippen LogP contribution < -0.4 is 4.74 Å². The molecular formula is C23H27NO3. The van der Waals surface area contributed by atoms with Gasteiger partial charge in [0.15, 0.2) is 0 Å². The predicted octanol–water partition coefficient (Wildman–Crippen LogP) is 4.13. The molecule has 1 fully saturated rings. The molecule has 1 heterocycles. The number of carbonyl (C=O) groups is 1. The molecule has 0 saturated heterocycles. The summed E-state index contributed by atoms with van der Waals surface area (Å²) in [7, 11) is 2.09. The molecule has 4 rings (SSSR count). The first-order valence-electron chi connectivity index (χ1n) is 9.86. The van der Waals surface area contributed by atoms with E-state index in [9.17, 15) is 9.90 Å². The molecule has 2 aromatic rings. The number of nitrogens with zero attached hydrogens (tertiary/aromatic N) is 1. The monoisotopic (exact) mass is 365 g/mol. The van der Waals surface area contributed by atoms with Gasteiger partial charge in [-0.15, -0.1) is 0 Å². The van der Waals surface area contributed by atoms with Gasteiger partial charge >= 0.3 is 5.97 Å². The zero-order chi connectivity index (χ0) is 18.9. The van der Waals surface area contributed by atoms with Crippen molar-refractivity contribution in [2.24, 2.45) is 0 Å². The van der Waals surface area contributed by atoms with Crippen LogP contribution in [0, 0.1) is 0 Å². The van der Waals surface area contributed by atoms with Crippen LogP contribution in [-0.2, 0) is 6.54 Å². The topological polar surface area (TPSA) is 49.8 Å². The van der Waals surface area contributed by atoms with E-state index >= 15 is 0 Å². The lowest BCUT2D eigenvalue weighted by atomic mass is 9.70. The van der Waals surface area contributed by atoms with Gasteiger partial charge in [-0.1, -0.05) is 43.5 Å². The number of benzene rings is 2. The van der Waals surface area contributed by atoms with Gasteiger partial charge in [0.2, 0.25) is 0 Å². The maximum atomic E-state index is 12.3. The van der Waals surface area contributed by atoms with Crippen LogP contribution in [0.4, 0.5) is 0 Å². The zero-order valence-electron chi connectivity index (χ0n) is 15.9. The number of hydrogen-bond acceptors (Lipinski definition) is 4. The normalized spacial score (nSPS) is 22.1. The third-order valence-corrected chi connectivity index (χ3v) is 6.01. The first-order chi connectivity index (χ1) is 13.0. The first-order valence-corrected chi connectivity index (χ1v) is 9.86. The lowest BCUT2D eigenvalue weighted by molar-refractivity contribution is -0.0333. The standard InChI is InChI=1S/C23H27NO3/c1-24-15-18-14-19(27-22(25)17-8-4-2-5-9-17)10-11-20(18)21(16-24)23(26)12-6-3-7-13-23/h2,4-5,8-11,14,21,26H,3,6-7,12-13,15-16H2,1H3. The first kappa shape index (κ1) is 18.2.